The molecule has 0 atom stereocenters. The molecule has 11 heteroatoms. The average molecular weight is 398 g/mol. The molecule has 0 aliphatic carbocycles. The van der Waals surface area contributed by atoms with Gasteiger partial charge in [0.25, 0.3) is 17.1 Å². The van der Waals surface area contributed by atoms with Crippen LogP contribution in [0.5, 0.6) is 0 Å². The Labute approximate surface area is 151 Å². The van der Waals surface area contributed by atoms with Gasteiger partial charge in [-0.15, -0.1) is 0 Å². The molecule has 3 aliphatic heterocycles. The fourth-order valence-corrected chi connectivity index (χ4v) is 5.22. The van der Waals surface area contributed by atoms with Gasteiger partial charge < -0.3 is 32.3 Å². The highest BCUT2D eigenvalue weighted by atomic mass is 31.2. The van der Waals surface area contributed by atoms with E-state index >= 15 is 0 Å². The van der Waals surface area contributed by atoms with E-state index in [2.05, 4.69) is 9.34 Å². The van der Waals surface area contributed by atoms with Crippen molar-refractivity contribution < 1.29 is 32.3 Å². The Morgan fingerprint density at radius 1 is 0.400 bits per heavy atom. The van der Waals surface area contributed by atoms with E-state index in [4.69, 9.17) is 32.3 Å². The lowest BCUT2D eigenvalue weighted by Gasteiger charge is -2.26. The molecule has 0 bridgehead atoms. The van der Waals surface area contributed by atoms with Gasteiger partial charge in [-0.2, -0.15) is 0 Å². The summed E-state index contributed by atoms with van der Waals surface area (Å²) < 4.78 is 44.1. The average Bonchev–Trinajstić information content (AvgIpc) is 3.32. The maximum Gasteiger partial charge on any atom is 0.259 e. The van der Waals surface area contributed by atoms with Crippen molar-refractivity contribution >= 4 is 17.1 Å². The highest BCUT2D eigenvalue weighted by Crippen LogP contribution is 2.46. The third-order valence-corrected chi connectivity index (χ3v) is 7.12. The predicted octanol–water partition coefficient (Wildman–Crippen LogP) is 1.20. The van der Waals surface area contributed by atoms with Crippen LogP contribution in [0.25, 0.3) is 0 Å². The largest absolute Gasteiger partial charge is 0.379 e. The van der Waals surface area contributed by atoms with E-state index in [1.165, 1.54) is 0 Å². The summed E-state index contributed by atoms with van der Waals surface area (Å²) in [5.74, 6) is 0. The molecule has 0 aromatic rings. The van der Waals surface area contributed by atoms with Crippen LogP contribution in [0, 0.1) is 0 Å². The van der Waals surface area contributed by atoms with Crippen molar-refractivity contribution in [2.75, 3.05) is 92.2 Å². The molecule has 0 spiro atoms. The predicted molar refractivity (Wildman–Crippen MR) is 93.3 cm³/mol. The van der Waals surface area contributed by atoms with Gasteiger partial charge in [0.15, 0.2) is 0 Å². The molecule has 3 aliphatic rings. The van der Waals surface area contributed by atoms with Crippen LogP contribution in [0.2, 0.25) is 0 Å². The zero-order valence-corrected chi connectivity index (χ0v) is 16.3. The van der Waals surface area contributed by atoms with Crippen molar-refractivity contribution in [3.05, 3.63) is 0 Å². The molecule has 0 unspecified atom stereocenters. The smallest absolute Gasteiger partial charge is 0.259 e. The van der Waals surface area contributed by atoms with Gasteiger partial charge in [0.05, 0.1) is 66.1 Å². The Hall–Kier alpha value is 0.500. The Bertz CT molecular complexity index is 328. The van der Waals surface area contributed by atoms with Crippen LogP contribution in [0.15, 0.2) is 0 Å². The zero-order valence-electron chi connectivity index (χ0n) is 14.5. The number of rotatable bonds is 2. The second kappa shape index (κ2) is 12.1. The van der Waals surface area contributed by atoms with Crippen LogP contribution in [0.1, 0.15) is 0 Å². The lowest BCUT2D eigenvalue weighted by Crippen LogP contribution is -2.29. The molecular formula is C14H28N2O7P2. The Morgan fingerprint density at radius 3 is 1.08 bits per heavy atom. The first kappa shape index (κ1) is 20.2. The summed E-state index contributed by atoms with van der Waals surface area (Å²) in [6, 6.07) is 0. The normalized spacial score (nSPS) is 28.8. The van der Waals surface area contributed by atoms with Crippen LogP contribution in [-0.2, 0) is 32.3 Å². The second-order valence-electron chi connectivity index (χ2n) is 5.55. The van der Waals surface area contributed by atoms with Gasteiger partial charge in [0.1, 0.15) is 0 Å². The molecule has 146 valence electrons. The van der Waals surface area contributed by atoms with Gasteiger partial charge in [-0.3, -0.25) is 0 Å². The van der Waals surface area contributed by atoms with Crippen molar-refractivity contribution in [2.45, 2.75) is 0 Å². The molecule has 3 rings (SSSR count). The lowest BCUT2D eigenvalue weighted by molar-refractivity contribution is 0.0407. The first-order valence-electron chi connectivity index (χ1n) is 8.78. The molecule has 0 saturated carbocycles. The standard InChI is InChI=1S/C14H28N2O7P2/c1-5-17-6-2-16(25-22-13-14-23-25)4-8-19-10-9-18-7-3-15(1)24-20-11-12-21-24/h1-14H2. The minimum Gasteiger partial charge on any atom is -0.379 e. The SMILES string of the molecule is C1COCCN(P2OCCO2)CCOCCN(P2OCCO2)CCO1. The molecule has 0 aromatic carbocycles. The maximum atomic E-state index is 5.82. The third kappa shape index (κ3) is 7.20. The molecule has 25 heavy (non-hydrogen) atoms. The van der Waals surface area contributed by atoms with Gasteiger partial charge in [0.2, 0.25) is 0 Å². The van der Waals surface area contributed by atoms with Crippen molar-refractivity contribution in [3.8, 4) is 0 Å². The van der Waals surface area contributed by atoms with Crippen LogP contribution < -0.4 is 0 Å². The minimum atomic E-state index is -0.966. The Morgan fingerprint density at radius 2 is 0.720 bits per heavy atom. The summed E-state index contributed by atoms with van der Waals surface area (Å²) in [5.41, 5.74) is 0. The number of nitrogens with zero attached hydrogens (tertiary/aromatic N) is 2. The van der Waals surface area contributed by atoms with Crippen molar-refractivity contribution in [1.29, 1.82) is 0 Å². The van der Waals surface area contributed by atoms with E-state index in [0.29, 0.717) is 66.1 Å². The van der Waals surface area contributed by atoms with E-state index in [9.17, 15) is 0 Å². The summed E-state index contributed by atoms with van der Waals surface area (Å²) in [5, 5.41) is 0. The van der Waals surface area contributed by atoms with Crippen molar-refractivity contribution in [1.82, 2.24) is 9.34 Å². The van der Waals surface area contributed by atoms with E-state index in [0.717, 1.165) is 26.2 Å². The van der Waals surface area contributed by atoms with E-state index < -0.39 is 17.1 Å². The molecule has 0 radical (unpaired) electrons. The van der Waals surface area contributed by atoms with Crippen molar-refractivity contribution in [3.63, 3.8) is 0 Å². The van der Waals surface area contributed by atoms with E-state index in [1.54, 1.807) is 0 Å². The summed E-state index contributed by atoms with van der Waals surface area (Å²) in [7, 11) is -1.93. The third-order valence-electron chi connectivity index (χ3n) is 3.78. The summed E-state index contributed by atoms with van der Waals surface area (Å²) in [4.78, 5) is 0. The lowest BCUT2D eigenvalue weighted by atomic mass is 10.6. The number of ether oxygens (including phenoxy) is 3. The van der Waals surface area contributed by atoms with E-state index in [1.807, 2.05) is 0 Å². The molecule has 3 saturated heterocycles. The molecule has 0 N–H and O–H groups in total. The molecule has 9 nitrogen and oxygen atoms in total. The van der Waals surface area contributed by atoms with Gasteiger partial charge in [0, 0.05) is 26.2 Å². The number of hydrogen-bond donors (Lipinski definition) is 0. The second-order valence-corrected chi connectivity index (χ2v) is 8.67. The van der Waals surface area contributed by atoms with Gasteiger partial charge >= 0.3 is 0 Å². The Kier molecular flexibility index (Phi) is 9.76. The highest BCUT2D eigenvalue weighted by molar-refractivity contribution is 7.45. The highest BCUT2D eigenvalue weighted by Gasteiger charge is 2.27. The first-order valence-corrected chi connectivity index (χ1v) is 11.0. The molecule has 3 heterocycles. The van der Waals surface area contributed by atoms with Gasteiger partial charge in [-0.1, -0.05) is 0 Å². The maximum absolute atomic E-state index is 5.82. The molecular weight excluding hydrogens is 370 g/mol. The van der Waals surface area contributed by atoms with Crippen LogP contribution in [0.4, 0.5) is 0 Å². The van der Waals surface area contributed by atoms with Crippen LogP contribution >= 0.6 is 17.1 Å². The fraction of sp³-hybridized carbons (Fsp3) is 1.00. The van der Waals surface area contributed by atoms with Gasteiger partial charge in [-0.25, -0.2) is 9.34 Å². The first-order chi connectivity index (χ1) is 12.4. The summed E-state index contributed by atoms with van der Waals surface area (Å²) in [6.45, 7) is 9.45. The minimum absolute atomic E-state index is 0.589. The molecule has 0 amide bonds. The van der Waals surface area contributed by atoms with Crippen molar-refractivity contribution in [2.24, 2.45) is 0 Å². The quantitative estimate of drug-likeness (QED) is 0.638. The summed E-state index contributed by atoms with van der Waals surface area (Å²) in [6.07, 6.45) is 0. The summed E-state index contributed by atoms with van der Waals surface area (Å²) >= 11 is 0. The fourth-order valence-electron chi connectivity index (χ4n) is 2.52. The monoisotopic (exact) mass is 398 g/mol. The zero-order chi connectivity index (χ0) is 17.2. The Balaban J connectivity index is 1.46. The number of hydrogen-bond acceptors (Lipinski definition) is 9. The van der Waals surface area contributed by atoms with Gasteiger partial charge in [-0.05, 0) is 0 Å². The topological polar surface area (TPSA) is 71.1 Å². The van der Waals surface area contributed by atoms with Crippen LogP contribution in [-0.4, -0.2) is 102 Å². The van der Waals surface area contributed by atoms with E-state index in [-0.39, 0.29) is 0 Å². The van der Waals surface area contributed by atoms with Crippen LogP contribution in [0.3, 0.4) is 0 Å². The molecule has 0 aromatic heterocycles. The molecule has 3 fully saturated rings.